The molecule has 3 heterocycles. The lowest BCUT2D eigenvalue weighted by Crippen LogP contribution is -2.41. The number of hydrogen-bond donors (Lipinski definition) is 2. The van der Waals surface area contributed by atoms with Gasteiger partial charge in [-0.1, -0.05) is 0 Å². The molecule has 8 nitrogen and oxygen atoms in total. The Balaban J connectivity index is 1.72. The van der Waals surface area contributed by atoms with E-state index in [0.717, 1.165) is 5.82 Å². The zero-order chi connectivity index (χ0) is 16.4. The minimum atomic E-state index is -0.163. The molecular formula is C15H20N6O2. The first-order valence-electron chi connectivity index (χ1n) is 7.51. The smallest absolute Gasteiger partial charge is 0.255 e. The van der Waals surface area contributed by atoms with Crippen molar-refractivity contribution in [2.45, 2.75) is 13.0 Å². The third kappa shape index (κ3) is 3.16. The second-order valence-electron chi connectivity index (χ2n) is 5.80. The van der Waals surface area contributed by atoms with E-state index in [-0.39, 0.29) is 24.5 Å². The molecule has 2 aromatic rings. The van der Waals surface area contributed by atoms with Gasteiger partial charge >= 0.3 is 0 Å². The summed E-state index contributed by atoms with van der Waals surface area (Å²) in [5.41, 5.74) is 1.25. The molecule has 1 fully saturated rings. The highest BCUT2D eigenvalue weighted by Crippen LogP contribution is 2.22. The average molecular weight is 316 g/mol. The number of carbonyl (C=O) groups is 1. The molecule has 2 aromatic heterocycles. The summed E-state index contributed by atoms with van der Waals surface area (Å²) in [7, 11) is 1.78. The molecule has 0 bridgehead atoms. The second-order valence-corrected chi connectivity index (χ2v) is 5.80. The van der Waals surface area contributed by atoms with Gasteiger partial charge in [0.2, 0.25) is 0 Å². The van der Waals surface area contributed by atoms with Crippen LogP contribution in [0.5, 0.6) is 0 Å². The van der Waals surface area contributed by atoms with Crippen molar-refractivity contribution in [2.24, 2.45) is 13.0 Å². The van der Waals surface area contributed by atoms with Crippen LogP contribution < -0.4 is 10.2 Å². The Morgan fingerprint density at radius 2 is 2.30 bits per heavy atom. The molecular weight excluding hydrogens is 296 g/mol. The van der Waals surface area contributed by atoms with Crippen molar-refractivity contribution in [3.8, 4) is 0 Å². The summed E-state index contributed by atoms with van der Waals surface area (Å²) in [6.07, 6.45) is 4.88. The third-order valence-electron chi connectivity index (χ3n) is 4.14. The summed E-state index contributed by atoms with van der Waals surface area (Å²) < 4.78 is 1.62. The SMILES string of the molecule is Cc1nn(C)cc1C(=O)N[C@@H]1CN(c2ccncn2)C[C@H]1CO. The molecule has 23 heavy (non-hydrogen) atoms. The first-order chi connectivity index (χ1) is 11.1. The fourth-order valence-corrected chi connectivity index (χ4v) is 2.95. The van der Waals surface area contributed by atoms with E-state index >= 15 is 0 Å². The molecule has 0 aliphatic carbocycles. The van der Waals surface area contributed by atoms with E-state index in [0.29, 0.717) is 24.3 Å². The van der Waals surface area contributed by atoms with Gasteiger partial charge in [-0.25, -0.2) is 9.97 Å². The topological polar surface area (TPSA) is 96.2 Å². The Kier molecular flexibility index (Phi) is 4.24. The number of carbonyl (C=O) groups excluding carboxylic acids is 1. The number of aliphatic hydroxyl groups excluding tert-OH is 1. The molecule has 0 unspecified atom stereocenters. The quantitative estimate of drug-likeness (QED) is 0.807. The monoisotopic (exact) mass is 316 g/mol. The number of rotatable bonds is 4. The summed E-state index contributed by atoms with van der Waals surface area (Å²) in [5, 5.41) is 16.8. The maximum atomic E-state index is 12.4. The fourth-order valence-electron chi connectivity index (χ4n) is 2.95. The van der Waals surface area contributed by atoms with Crippen LogP contribution in [-0.4, -0.2) is 56.5 Å². The van der Waals surface area contributed by atoms with E-state index in [2.05, 4.69) is 20.4 Å². The highest BCUT2D eigenvalue weighted by Gasteiger charge is 2.34. The van der Waals surface area contributed by atoms with Crippen molar-refractivity contribution in [1.29, 1.82) is 0 Å². The molecule has 122 valence electrons. The maximum absolute atomic E-state index is 12.4. The molecule has 1 aliphatic rings. The summed E-state index contributed by atoms with van der Waals surface area (Å²) in [6, 6.07) is 1.69. The van der Waals surface area contributed by atoms with E-state index < -0.39 is 0 Å². The average Bonchev–Trinajstić information content (AvgIpc) is 3.11. The fraction of sp³-hybridized carbons (Fsp3) is 0.467. The van der Waals surface area contributed by atoms with E-state index in [1.54, 1.807) is 31.0 Å². The highest BCUT2D eigenvalue weighted by molar-refractivity contribution is 5.95. The van der Waals surface area contributed by atoms with Crippen LogP contribution in [0.15, 0.2) is 24.8 Å². The maximum Gasteiger partial charge on any atom is 0.255 e. The van der Waals surface area contributed by atoms with E-state index in [9.17, 15) is 9.90 Å². The standard InChI is InChI=1S/C15H20N6O2/c1-10-12(6-20(2)19-10)15(23)18-13-7-21(5-11(13)8-22)14-3-4-16-9-17-14/h3-4,6,9,11,13,22H,5,7-8H2,1-2H3,(H,18,23)/t11-,13+/m0/s1. The van der Waals surface area contributed by atoms with Gasteiger partial charge in [-0.3, -0.25) is 9.48 Å². The normalized spacial score (nSPS) is 20.7. The predicted octanol–water partition coefficient (Wildman–Crippen LogP) is -0.254. The lowest BCUT2D eigenvalue weighted by atomic mass is 10.0. The lowest BCUT2D eigenvalue weighted by Gasteiger charge is -2.18. The molecule has 1 saturated heterocycles. The van der Waals surface area contributed by atoms with Gasteiger partial charge in [0.25, 0.3) is 5.91 Å². The largest absolute Gasteiger partial charge is 0.396 e. The van der Waals surface area contributed by atoms with Gasteiger partial charge < -0.3 is 15.3 Å². The zero-order valence-corrected chi connectivity index (χ0v) is 13.2. The van der Waals surface area contributed by atoms with Gasteiger partial charge in [-0.2, -0.15) is 5.10 Å². The molecule has 2 atom stereocenters. The van der Waals surface area contributed by atoms with Crippen LogP contribution in [0.4, 0.5) is 5.82 Å². The molecule has 0 aromatic carbocycles. The number of anilines is 1. The number of nitrogens with one attached hydrogen (secondary N) is 1. The van der Waals surface area contributed by atoms with Crippen molar-refractivity contribution < 1.29 is 9.90 Å². The van der Waals surface area contributed by atoms with Crippen LogP contribution in [0.1, 0.15) is 16.1 Å². The molecule has 0 spiro atoms. The van der Waals surface area contributed by atoms with Crippen molar-refractivity contribution in [1.82, 2.24) is 25.1 Å². The molecule has 1 aliphatic heterocycles. The summed E-state index contributed by atoms with van der Waals surface area (Å²) >= 11 is 0. The van der Waals surface area contributed by atoms with Crippen molar-refractivity contribution in [3.05, 3.63) is 36.0 Å². The molecule has 8 heteroatoms. The van der Waals surface area contributed by atoms with Crippen LogP contribution in [0.25, 0.3) is 0 Å². The van der Waals surface area contributed by atoms with Gasteiger partial charge in [0.05, 0.1) is 17.3 Å². The van der Waals surface area contributed by atoms with Crippen LogP contribution in [0, 0.1) is 12.8 Å². The predicted molar refractivity (Wildman–Crippen MR) is 84.0 cm³/mol. The highest BCUT2D eigenvalue weighted by atomic mass is 16.3. The zero-order valence-electron chi connectivity index (χ0n) is 13.2. The van der Waals surface area contributed by atoms with Gasteiger partial charge in [0.15, 0.2) is 0 Å². The lowest BCUT2D eigenvalue weighted by molar-refractivity contribution is 0.0921. The number of aryl methyl sites for hydroxylation is 2. The first kappa shape index (κ1) is 15.4. The van der Waals surface area contributed by atoms with Gasteiger partial charge in [0.1, 0.15) is 12.1 Å². The van der Waals surface area contributed by atoms with Crippen molar-refractivity contribution in [3.63, 3.8) is 0 Å². The molecule has 2 N–H and O–H groups in total. The number of aromatic nitrogens is 4. The first-order valence-corrected chi connectivity index (χ1v) is 7.51. The Morgan fingerprint density at radius 3 is 2.91 bits per heavy atom. The Hall–Kier alpha value is -2.48. The Labute approximate surface area is 134 Å². The van der Waals surface area contributed by atoms with E-state index in [1.807, 2.05) is 11.0 Å². The van der Waals surface area contributed by atoms with Gasteiger partial charge in [0, 0.05) is 45.1 Å². The minimum Gasteiger partial charge on any atom is -0.396 e. The van der Waals surface area contributed by atoms with E-state index in [1.165, 1.54) is 6.33 Å². The molecule has 0 saturated carbocycles. The van der Waals surface area contributed by atoms with Crippen LogP contribution in [0.2, 0.25) is 0 Å². The number of nitrogens with zero attached hydrogens (tertiary/aromatic N) is 5. The summed E-state index contributed by atoms with van der Waals surface area (Å²) in [5.74, 6) is 0.599. The number of aliphatic hydroxyl groups is 1. The van der Waals surface area contributed by atoms with E-state index in [4.69, 9.17) is 0 Å². The van der Waals surface area contributed by atoms with Crippen LogP contribution in [0.3, 0.4) is 0 Å². The number of amides is 1. The second kappa shape index (κ2) is 6.33. The van der Waals surface area contributed by atoms with Gasteiger partial charge in [-0.05, 0) is 13.0 Å². The van der Waals surface area contributed by atoms with Crippen LogP contribution >= 0.6 is 0 Å². The van der Waals surface area contributed by atoms with Crippen molar-refractivity contribution >= 4 is 11.7 Å². The Bertz CT molecular complexity index is 687. The summed E-state index contributed by atoms with van der Waals surface area (Å²) in [6.45, 7) is 3.07. The third-order valence-corrected chi connectivity index (χ3v) is 4.14. The molecule has 0 radical (unpaired) electrons. The molecule has 1 amide bonds. The summed E-state index contributed by atoms with van der Waals surface area (Å²) in [4.78, 5) is 22.6. The van der Waals surface area contributed by atoms with Gasteiger partial charge in [-0.15, -0.1) is 0 Å². The minimum absolute atomic E-state index is 0.0125. The number of hydrogen-bond acceptors (Lipinski definition) is 6. The van der Waals surface area contributed by atoms with Crippen molar-refractivity contribution in [2.75, 3.05) is 24.6 Å². The molecule has 3 rings (SSSR count). The van der Waals surface area contributed by atoms with Crippen LogP contribution in [-0.2, 0) is 7.05 Å². The Morgan fingerprint density at radius 1 is 1.48 bits per heavy atom.